The number of hydrogen-bond acceptors (Lipinski definition) is 10. The molecule has 2 rings (SSSR count). The van der Waals surface area contributed by atoms with E-state index in [-0.39, 0.29) is 36.6 Å². The van der Waals surface area contributed by atoms with Crippen molar-refractivity contribution in [2.24, 2.45) is 17.8 Å². The van der Waals surface area contributed by atoms with Crippen molar-refractivity contribution < 1.29 is 48.6 Å². The molecule has 2 aliphatic rings. The first-order valence-corrected chi connectivity index (χ1v) is 13.6. The summed E-state index contributed by atoms with van der Waals surface area (Å²) in [5.41, 5.74) is -1.81. The highest BCUT2D eigenvalue weighted by molar-refractivity contribution is 5.91. The highest BCUT2D eigenvalue weighted by atomic mass is 16.7. The predicted octanol–water partition coefficient (Wildman–Crippen LogP) is 2.10. The van der Waals surface area contributed by atoms with Crippen LogP contribution in [-0.2, 0) is 33.3 Å². The molecule has 0 bridgehead atoms. The summed E-state index contributed by atoms with van der Waals surface area (Å²) in [6.07, 6.45) is 3.52. The minimum absolute atomic E-state index is 0.107. The first kappa shape index (κ1) is 33.3. The van der Waals surface area contributed by atoms with Gasteiger partial charge in [0.05, 0.1) is 18.8 Å². The van der Waals surface area contributed by atoms with E-state index in [1.165, 1.54) is 44.6 Å². The Morgan fingerprint density at radius 1 is 1.00 bits per heavy atom. The molecule has 3 N–H and O–H groups in total. The van der Waals surface area contributed by atoms with Crippen LogP contribution in [0.1, 0.15) is 47.5 Å². The van der Waals surface area contributed by atoms with Crippen LogP contribution in [0.2, 0.25) is 0 Å². The Morgan fingerprint density at radius 3 is 2.28 bits per heavy atom. The molecule has 39 heavy (non-hydrogen) atoms. The molecule has 10 heteroatoms. The molecule has 0 spiro atoms. The Balaban J connectivity index is 2.36. The first-order chi connectivity index (χ1) is 18.4. The quantitative estimate of drug-likeness (QED) is 0.418. The van der Waals surface area contributed by atoms with Crippen LogP contribution in [0.5, 0.6) is 0 Å². The monoisotopic (exact) mass is 554 g/mol. The molecule has 11 unspecified atom stereocenters. The van der Waals surface area contributed by atoms with Crippen LogP contribution in [0.4, 0.5) is 0 Å². The third-order valence-corrected chi connectivity index (χ3v) is 7.59. The fourth-order valence-corrected chi connectivity index (χ4v) is 5.03. The molecular weight excluding hydrogens is 508 g/mol. The summed E-state index contributed by atoms with van der Waals surface area (Å²) in [6, 6.07) is 0. The van der Waals surface area contributed by atoms with Gasteiger partial charge in [-0.15, -0.1) is 0 Å². The second-order valence-electron chi connectivity index (χ2n) is 10.7. The van der Waals surface area contributed by atoms with E-state index in [2.05, 4.69) is 0 Å². The molecule has 0 aromatic heterocycles. The van der Waals surface area contributed by atoms with Crippen molar-refractivity contribution in [2.75, 3.05) is 20.8 Å². The molecule has 0 aromatic carbocycles. The average Bonchev–Trinajstić information content (AvgIpc) is 2.91. The van der Waals surface area contributed by atoms with Crippen LogP contribution in [0.15, 0.2) is 36.5 Å². The van der Waals surface area contributed by atoms with Crippen LogP contribution in [-0.4, -0.2) is 96.4 Å². The summed E-state index contributed by atoms with van der Waals surface area (Å²) in [4.78, 5) is 25.4. The second kappa shape index (κ2) is 15.2. The van der Waals surface area contributed by atoms with Gasteiger partial charge in [0.2, 0.25) is 0 Å². The predicted molar refractivity (Wildman–Crippen MR) is 144 cm³/mol. The number of carbonyl (C=O) groups is 2. The standard InChI is InChI=1S/C29H46O10/c1-8-22-29(34,16-37-28-27(36-7)26(35-6)25(33)20(5)38-28)14-10-9-11-21(30)18(3)15-19(4)24(32)17(2)12-13-23(31)39-22/h9-14,17-20,22,24-28,32-34H,8,15-16H2,1-7H3. The van der Waals surface area contributed by atoms with Crippen LogP contribution in [0.25, 0.3) is 0 Å². The van der Waals surface area contributed by atoms with Crippen molar-refractivity contribution in [1.29, 1.82) is 0 Å². The van der Waals surface area contributed by atoms with Crippen molar-refractivity contribution in [2.45, 2.75) is 96.0 Å². The van der Waals surface area contributed by atoms with E-state index in [4.69, 9.17) is 23.7 Å². The van der Waals surface area contributed by atoms with Gasteiger partial charge in [-0.25, -0.2) is 4.79 Å². The van der Waals surface area contributed by atoms with Crippen molar-refractivity contribution in [3.8, 4) is 0 Å². The number of cyclic esters (lactones) is 1. The van der Waals surface area contributed by atoms with Gasteiger partial charge in [0.25, 0.3) is 0 Å². The van der Waals surface area contributed by atoms with Gasteiger partial charge in [-0.05, 0) is 37.8 Å². The van der Waals surface area contributed by atoms with Crippen molar-refractivity contribution in [1.82, 2.24) is 0 Å². The zero-order valence-corrected chi connectivity index (χ0v) is 24.1. The number of hydrogen-bond donors (Lipinski definition) is 3. The molecule has 2 heterocycles. The van der Waals surface area contributed by atoms with Crippen LogP contribution in [0, 0.1) is 17.8 Å². The number of rotatable bonds is 6. The van der Waals surface area contributed by atoms with Crippen LogP contribution < -0.4 is 0 Å². The number of aliphatic hydroxyl groups is 3. The maximum Gasteiger partial charge on any atom is 0.330 e. The summed E-state index contributed by atoms with van der Waals surface area (Å²) in [6.45, 7) is 8.53. The Kier molecular flexibility index (Phi) is 13.0. The highest BCUT2D eigenvalue weighted by Gasteiger charge is 2.46. The number of methoxy groups -OCH3 is 2. The van der Waals surface area contributed by atoms with Gasteiger partial charge in [-0.3, -0.25) is 4.79 Å². The lowest BCUT2D eigenvalue weighted by Crippen LogP contribution is -2.59. The zero-order chi connectivity index (χ0) is 29.3. The molecule has 0 amide bonds. The Morgan fingerprint density at radius 2 is 1.67 bits per heavy atom. The Bertz CT molecular complexity index is 885. The lowest BCUT2D eigenvalue weighted by molar-refractivity contribution is -0.310. The van der Waals surface area contributed by atoms with Crippen LogP contribution >= 0.6 is 0 Å². The largest absolute Gasteiger partial charge is 0.456 e. The summed E-state index contributed by atoms with van der Waals surface area (Å²) >= 11 is 0. The maximum atomic E-state index is 12.7. The van der Waals surface area contributed by atoms with E-state index in [0.29, 0.717) is 6.42 Å². The number of allylic oxidation sites excluding steroid dienone is 3. The SMILES string of the molecule is CCC1OC(=O)C=CC(C)C(O)C(C)CC(C)C(=O)C=CC=CC1(O)COC1OC(C)C(O)C(OC)C1OC. The molecule has 1 saturated heterocycles. The minimum Gasteiger partial charge on any atom is -0.456 e. The van der Waals surface area contributed by atoms with Gasteiger partial charge >= 0.3 is 5.97 Å². The average molecular weight is 555 g/mol. The summed E-state index contributed by atoms with van der Waals surface area (Å²) < 4.78 is 28.3. The van der Waals surface area contributed by atoms with E-state index in [9.17, 15) is 24.9 Å². The summed E-state index contributed by atoms with van der Waals surface area (Å²) in [7, 11) is 2.88. The van der Waals surface area contributed by atoms with E-state index < -0.39 is 54.5 Å². The fraction of sp³-hybridized carbons (Fsp3) is 0.724. The molecule has 0 aromatic rings. The summed E-state index contributed by atoms with van der Waals surface area (Å²) in [5, 5.41) is 32.8. The van der Waals surface area contributed by atoms with E-state index in [0.717, 1.165) is 0 Å². The third kappa shape index (κ3) is 8.78. The topological polar surface area (TPSA) is 141 Å². The van der Waals surface area contributed by atoms with Gasteiger partial charge in [0.1, 0.15) is 30.0 Å². The Hall–Kier alpha value is -1.92. The fourth-order valence-electron chi connectivity index (χ4n) is 5.03. The number of aliphatic hydroxyl groups excluding tert-OH is 2. The van der Waals surface area contributed by atoms with E-state index >= 15 is 0 Å². The molecule has 2 aliphatic heterocycles. The molecule has 0 radical (unpaired) electrons. The van der Waals surface area contributed by atoms with Gasteiger partial charge in [0.15, 0.2) is 12.1 Å². The maximum absolute atomic E-state index is 12.7. The zero-order valence-electron chi connectivity index (χ0n) is 24.1. The normalized spacial score (nSPS) is 41.0. The van der Waals surface area contributed by atoms with Crippen molar-refractivity contribution in [3.63, 3.8) is 0 Å². The minimum atomic E-state index is -1.81. The van der Waals surface area contributed by atoms with Gasteiger partial charge in [0, 0.05) is 32.1 Å². The number of esters is 1. The number of carbonyl (C=O) groups excluding carboxylic acids is 2. The lowest BCUT2D eigenvalue weighted by Gasteiger charge is -2.43. The number of ether oxygens (including phenoxy) is 5. The van der Waals surface area contributed by atoms with E-state index in [1.54, 1.807) is 33.8 Å². The lowest BCUT2D eigenvalue weighted by atomic mass is 9.85. The molecule has 222 valence electrons. The number of ketones is 1. The van der Waals surface area contributed by atoms with Gasteiger partial charge in [-0.2, -0.15) is 0 Å². The smallest absolute Gasteiger partial charge is 0.330 e. The molecule has 11 atom stereocenters. The van der Waals surface area contributed by atoms with Gasteiger partial charge < -0.3 is 39.0 Å². The van der Waals surface area contributed by atoms with E-state index in [1.807, 2.05) is 6.92 Å². The molecular formula is C29H46O10. The molecule has 0 aliphatic carbocycles. The summed E-state index contributed by atoms with van der Waals surface area (Å²) in [5.74, 6) is -1.63. The van der Waals surface area contributed by atoms with Crippen molar-refractivity contribution >= 4 is 11.8 Å². The van der Waals surface area contributed by atoms with Crippen LogP contribution in [0.3, 0.4) is 0 Å². The second-order valence-corrected chi connectivity index (χ2v) is 10.7. The first-order valence-electron chi connectivity index (χ1n) is 13.6. The molecule has 1 fully saturated rings. The highest BCUT2D eigenvalue weighted by Crippen LogP contribution is 2.29. The Labute approximate surface area is 231 Å². The molecule has 10 nitrogen and oxygen atoms in total. The van der Waals surface area contributed by atoms with Gasteiger partial charge in [-0.1, -0.05) is 45.9 Å². The third-order valence-electron chi connectivity index (χ3n) is 7.59. The van der Waals surface area contributed by atoms with Crippen molar-refractivity contribution in [3.05, 3.63) is 36.5 Å². The molecule has 0 saturated carbocycles.